The Kier molecular flexibility index (Phi) is 6.51. The Hall–Kier alpha value is -2.88. The number of pyridine rings is 1. The van der Waals surface area contributed by atoms with E-state index in [-0.39, 0.29) is 51.4 Å². The normalized spacial score (nSPS) is 24.8. The van der Waals surface area contributed by atoms with E-state index >= 15 is 4.39 Å². The number of likely N-dealkylation sites (tertiary alicyclic amines) is 1. The molecule has 2 aromatic heterocycles. The van der Waals surface area contributed by atoms with Crippen LogP contribution in [0.2, 0.25) is 0 Å². The number of aromatic nitrogens is 2. The Bertz CT molecular complexity index is 1590. The molecule has 1 aromatic carbocycles. The van der Waals surface area contributed by atoms with Gasteiger partial charge in [-0.15, -0.1) is 0 Å². The number of carboxylic acid groups (broad SMARTS) is 1. The SMILES string of the molecule is CC(=O)N1CCCC1c1cc2c([S+](C)[O-])nc3c(F)c(Br)c(CCC#N)cc3c2n1[C@H]1[C@@H]2C[C@H]1N(C(=O)O)C2. The van der Waals surface area contributed by atoms with Gasteiger partial charge in [0.2, 0.25) is 5.91 Å². The van der Waals surface area contributed by atoms with E-state index in [1.807, 2.05) is 17.0 Å². The smallest absolute Gasteiger partial charge is 0.407 e. The highest BCUT2D eigenvalue weighted by Gasteiger charge is 2.56. The lowest BCUT2D eigenvalue weighted by Crippen LogP contribution is -2.43. The van der Waals surface area contributed by atoms with Crippen LogP contribution in [0, 0.1) is 23.1 Å². The molecule has 3 aliphatic heterocycles. The summed E-state index contributed by atoms with van der Waals surface area (Å²) in [5, 5.41) is 20.4. The third kappa shape index (κ3) is 3.92. The predicted molar refractivity (Wildman–Crippen MR) is 146 cm³/mol. The monoisotopic (exact) mass is 615 g/mol. The molecule has 3 saturated heterocycles. The molecule has 2 amide bonds. The number of halogens is 2. The minimum atomic E-state index is -1.55. The van der Waals surface area contributed by atoms with Crippen molar-refractivity contribution >= 4 is 60.9 Å². The molecular weight excluding hydrogens is 589 g/mol. The Balaban J connectivity index is 1.70. The Morgan fingerprint density at radius 3 is 2.74 bits per heavy atom. The predicted octanol–water partition coefficient (Wildman–Crippen LogP) is 4.89. The number of hydrogen-bond donors (Lipinski definition) is 1. The fraction of sp³-hybridized carbons (Fsp3) is 0.481. The van der Waals surface area contributed by atoms with Crippen LogP contribution in [-0.4, -0.2) is 66.4 Å². The first-order chi connectivity index (χ1) is 18.6. The molecule has 4 fully saturated rings. The van der Waals surface area contributed by atoms with Crippen LogP contribution in [0.4, 0.5) is 9.18 Å². The number of aryl methyl sites for hydroxylation is 1. The molecule has 2 bridgehead atoms. The third-order valence-electron chi connectivity index (χ3n) is 8.60. The van der Waals surface area contributed by atoms with Gasteiger partial charge in [0.1, 0.15) is 11.8 Å². The van der Waals surface area contributed by atoms with Gasteiger partial charge in [0.25, 0.3) is 5.03 Å². The minimum Gasteiger partial charge on any atom is -0.610 e. The average molecular weight is 617 g/mol. The van der Waals surface area contributed by atoms with E-state index in [9.17, 15) is 19.2 Å². The molecule has 5 heterocycles. The number of rotatable bonds is 5. The second-order valence-electron chi connectivity index (χ2n) is 10.6. The Labute approximate surface area is 235 Å². The van der Waals surface area contributed by atoms with E-state index in [2.05, 4.69) is 31.6 Å². The lowest BCUT2D eigenvalue weighted by molar-refractivity contribution is -0.129. The summed E-state index contributed by atoms with van der Waals surface area (Å²) in [5.41, 5.74) is 2.20. The highest BCUT2D eigenvalue weighted by atomic mass is 79.9. The second-order valence-corrected chi connectivity index (χ2v) is 12.7. The average Bonchev–Trinajstić information content (AvgIpc) is 3.66. The summed E-state index contributed by atoms with van der Waals surface area (Å²) >= 11 is 1.80. The summed E-state index contributed by atoms with van der Waals surface area (Å²) in [5.74, 6) is -0.558. The maximum Gasteiger partial charge on any atom is 0.407 e. The van der Waals surface area contributed by atoms with E-state index in [4.69, 9.17) is 5.26 Å². The summed E-state index contributed by atoms with van der Waals surface area (Å²) in [4.78, 5) is 32.5. The largest absolute Gasteiger partial charge is 0.610 e. The standard InChI is InChI=1S/C27H27BrFN5O4S/c1-13(35)32-8-4-6-18(32)19-11-17-25(34(19)24-15-10-20(24)33(12-15)27(36)37)16-9-14(5-3-7-30)21(28)22(29)23(16)31-26(17)39(2)38/h9,11,15,18,20,24H,3-6,8,10,12H2,1-2H3,(H,36,37)/t15-,18?,20-,24+,39?/m1/s1. The van der Waals surface area contributed by atoms with Crippen LogP contribution in [0.5, 0.6) is 0 Å². The number of carbonyl (C=O) groups is 2. The number of nitrogens with zero attached hydrogens (tertiary/aromatic N) is 5. The molecule has 2 unspecified atom stereocenters. The minimum absolute atomic E-state index is 0.0471. The number of hydrogen-bond acceptors (Lipinski definition) is 5. The molecule has 7 rings (SSSR count). The van der Waals surface area contributed by atoms with Gasteiger partial charge in [0, 0.05) is 54.6 Å². The van der Waals surface area contributed by atoms with Gasteiger partial charge in [0.15, 0.2) is 5.82 Å². The number of benzene rings is 1. The van der Waals surface area contributed by atoms with Gasteiger partial charge in [-0.05, 0) is 59.3 Å². The Morgan fingerprint density at radius 1 is 1.33 bits per heavy atom. The van der Waals surface area contributed by atoms with E-state index in [1.54, 1.807) is 6.92 Å². The first-order valence-corrected chi connectivity index (χ1v) is 15.3. The number of nitriles is 1. The van der Waals surface area contributed by atoms with Crippen molar-refractivity contribution in [2.24, 2.45) is 5.92 Å². The first-order valence-electron chi connectivity index (χ1n) is 13.0. The van der Waals surface area contributed by atoms with Crippen molar-refractivity contribution in [2.45, 2.75) is 62.2 Å². The van der Waals surface area contributed by atoms with Gasteiger partial charge >= 0.3 is 6.09 Å². The molecule has 1 N–H and O–H groups in total. The van der Waals surface area contributed by atoms with Gasteiger partial charge in [-0.3, -0.25) is 4.79 Å². The molecule has 204 valence electrons. The summed E-state index contributed by atoms with van der Waals surface area (Å²) < 4.78 is 31.2. The van der Waals surface area contributed by atoms with Crippen LogP contribution in [0.3, 0.4) is 0 Å². The fourth-order valence-electron chi connectivity index (χ4n) is 6.92. The molecule has 39 heavy (non-hydrogen) atoms. The summed E-state index contributed by atoms with van der Waals surface area (Å²) in [6.45, 7) is 2.57. The molecule has 3 aromatic rings. The van der Waals surface area contributed by atoms with Crippen LogP contribution >= 0.6 is 15.9 Å². The topological polar surface area (TPSA) is 126 Å². The maximum absolute atomic E-state index is 15.9. The van der Waals surface area contributed by atoms with Gasteiger partial charge in [-0.1, -0.05) is 0 Å². The van der Waals surface area contributed by atoms with Gasteiger partial charge < -0.3 is 24.0 Å². The van der Waals surface area contributed by atoms with Crippen molar-refractivity contribution in [3.8, 4) is 6.07 Å². The summed E-state index contributed by atoms with van der Waals surface area (Å²) in [6.07, 6.45) is 3.39. The van der Waals surface area contributed by atoms with Crippen LogP contribution in [0.1, 0.15) is 55.9 Å². The molecule has 12 heteroatoms. The lowest BCUT2D eigenvalue weighted by atomic mass is 9.79. The molecule has 4 aliphatic rings. The molecule has 1 saturated carbocycles. The number of carbonyl (C=O) groups excluding carboxylic acids is 1. The van der Waals surface area contributed by atoms with E-state index in [0.717, 1.165) is 25.0 Å². The highest BCUT2D eigenvalue weighted by Crippen LogP contribution is 2.53. The van der Waals surface area contributed by atoms with Crippen LogP contribution < -0.4 is 0 Å². The summed E-state index contributed by atoms with van der Waals surface area (Å²) in [7, 11) is 0. The zero-order valence-electron chi connectivity index (χ0n) is 21.5. The number of fused-ring (bicyclic) bond motifs is 4. The Morgan fingerprint density at radius 2 is 2.10 bits per heavy atom. The second kappa shape index (κ2) is 9.64. The third-order valence-corrected chi connectivity index (χ3v) is 10.3. The molecule has 9 nitrogen and oxygen atoms in total. The van der Waals surface area contributed by atoms with Crippen molar-refractivity contribution in [2.75, 3.05) is 19.3 Å². The number of amides is 2. The maximum atomic E-state index is 15.9. The van der Waals surface area contributed by atoms with Crippen molar-refractivity contribution in [3.63, 3.8) is 0 Å². The van der Waals surface area contributed by atoms with E-state index < -0.39 is 23.1 Å². The van der Waals surface area contributed by atoms with Crippen molar-refractivity contribution in [3.05, 3.63) is 33.7 Å². The molecule has 1 aliphatic carbocycles. The van der Waals surface area contributed by atoms with Gasteiger partial charge in [0.05, 0.1) is 39.6 Å². The van der Waals surface area contributed by atoms with Crippen molar-refractivity contribution in [1.82, 2.24) is 19.4 Å². The van der Waals surface area contributed by atoms with Crippen LogP contribution in [-0.2, 0) is 22.4 Å². The zero-order valence-corrected chi connectivity index (χ0v) is 23.9. The van der Waals surface area contributed by atoms with Crippen molar-refractivity contribution in [1.29, 1.82) is 5.26 Å². The fourth-order valence-corrected chi connectivity index (χ4v) is 8.10. The molecular formula is C27H27BrFN5O4S. The molecule has 5 atom stereocenters. The van der Waals surface area contributed by atoms with E-state index in [1.165, 1.54) is 11.2 Å². The lowest BCUT2D eigenvalue weighted by Gasteiger charge is -2.40. The summed E-state index contributed by atoms with van der Waals surface area (Å²) in [6, 6.07) is 5.21. The highest BCUT2D eigenvalue weighted by molar-refractivity contribution is 9.10. The molecule has 0 spiro atoms. The first kappa shape index (κ1) is 26.3. The van der Waals surface area contributed by atoms with Crippen LogP contribution in [0.15, 0.2) is 21.6 Å². The van der Waals surface area contributed by atoms with Crippen LogP contribution in [0.25, 0.3) is 21.8 Å². The zero-order chi connectivity index (χ0) is 27.7. The van der Waals surface area contributed by atoms with Gasteiger partial charge in [-0.2, -0.15) is 10.2 Å². The van der Waals surface area contributed by atoms with Crippen molar-refractivity contribution < 1.29 is 23.6 Å². The van der Waals surface area contributed by atoms with E-state index in [0.29, 0.717) is 41.4 Å². The quantitative estimate of drug-likeness (QED) is 0.407. The van der Waals surface area contributed by atoms with Gasteiger partial charge in [-0.25, -0.2) is 9.18 Å². The molecule has 0 radical (unpaired) electrons.